The molecule has 1 aromatic heterocycles. The molecular weight excluding hydrogens is 188 g/mol. The first kappa shape index (κ1) is 12.1. The van der Waals surface area contributed by atoms with Crippen molar-refractivity contribution in [3.63, 3.8) is 0 Å². The van der Waals surface area contributed by atoms with Crippen LogP contribution in [0.15, 0.2) is 18.7 Å². The lowest BCUT2D eigenvalue weighted by Gasteiger charge is -2.20. The van der Waals surface area contributed by atoms with Gasteiger partial charge in [-0.2, -0.15) is 0 Å². The molecule has 0 radical (unpaired) electrons. The van der Waals surface area contributed by atoms with Crippen LogP contribution < -0.4 is 5.32 Å². The molecule has 0 aliphatic rings. The number of aromatic nitrogens is 2. The van der Waals surface area contributed by atoms with Gasteiger partial charge in [-0.3, -0.25) is 0 Å². The van der Waals surface area contributed by atoms with E-state index in [-0.39, 0.29) is 0 Å². The molecule has 1 aromatic rings. The smallest absolute Gasteiger partial charge is 0.115 e. The highest BCUT2D eigenvalue weighted by Gasteiger charge is 2.04. The van der Waals surface area contributed by atoms with Crippen LogP contribution in [0.5, 0.6) is 0 Å². The summed E-state index contributed by atoms with van der Waals surface area (Å²) in [5, 5.41) is 3.44. The molecule has 15 heavy (non-hydrogen) atoms. The van der Waals surface area contributed by atoms with Crippen LogP contribution in [0, 0.1) is 0 Å². The van der Waals surface area contributed by atoms with Crippen LogP contribution in [0.2, 0.25) is 0 Å². The minimum Gasteiger partial charge on any atom is -0.309 e. The zero-order chi connectivity index (χ0) is 11.1. The number of nitrogens with zero attached hydrogens (tertiary/aromatic N) is 3. The molecule has 0 aromatic carbocycles. The Morgan fingerprint density at radius 1 is 1.40 bits per heavy atom. The number of hydrogen-bond acceptors (Lipinski definition) is 4. The second-order valence-electron chi connectivity index (χ2n) is 3.88. The van der Waals surface area contributed by atoms with E-state index in [0.29, 0.717) is 6.04 Å². The summed E-state index contributed by atoms with van der Waals surface area (Å²) in [6.45, 7) is 7.33. The molecule has 1 rings (SSSR count). The summed E-state index contributed by atoms with van der Waals surface area (Å²) in [5.74, 6) is 0. The summed E-state index contributed by atoms with van der Waals surface area (Å²) < 4.78 is 0. The predicted molar refractivity (Wildman–Crippen MR) is 61.5 cm³/mol. The third-order valence-corrected chi connectivity index (χ3v) is 2.39. The first-order chi connectivity index (χ1) is 7.22. The highest BCUT2D eigenvalue weighted by Crippen LogP contribution is 1.94. The largest absolute Gasteiger partial charge is 0.309 e. The highest BCUT2D eigenvalue weighted by atomic mass is 15.1. The molecule has 0 spiro atoms. The lowest BCUT2D eigenvalue weighted by Crippen LogP contribution is -2.36. The fourth-order valence-electron chi connectivity index (χ4n) is 1.37. The Morgan fingerprint density at radius 3 is 2.67 bits per heavy atom. The molecule has 1 N–H and O–H groups in total. The first-order valence-corrected chi connectivity index (χ1v) is 5.38. The third kappa shape index (κ3) is 4.85. The fourth-order valence-corrected chi connectivity index (χ4v) is 1.37. The number of hydrogen-bond donors (Lipinski definition) is 1. The number of likely N-dealkylation sites (N-methyl/N-ethyl adjacent to an activating group) is 1. The monoisotopic (exact) mass is 208 g/mol. The normalized spacial score (nSPS) is 13.1. The zero-order valence-electron chi connectivity index (χ0n) is 9.77. The topological polar surface area (TPSA) is 41.0 Å². The molecule has 0 amide bonds. The van der Waals surface area contributed by atoms with E-state index < -0.39 is 0 Å². The molecule has 0 aliphatic heterocycles. The molecule has 84 valence electrons. The van der Waals surface area contributed by atoms with Crippen molar-refractivity contribution in [2.24, 2.45) is 0 Å². The molecule has 4 nitrogen and oxygen atoms in total. The molecule has 1 atom stereocenters. The second kappa shape index (κ2) is 6.48. The highest BCUT2D eigenvalue weighted by molar-refractivity contribution is 5.01. The average molecular weight is 208 g/mol. The summed E-state index contributed by atoms with van der Waals surface area (Å²) in [6.07, 6.45) is 5.24. The standard InChI is InChI=1S/C11H20N4/c1-4-15(3)8-10(2)14-7-11-5-12-9-13-6-11/h5-6,9-10,14H,4,7-8H2,1-3H3. The van der Waals surface area contributed by atoms with Crippen LogP contribution in [-0.2, 0) is 6.54 Å². The van der Waals surface area contributed by atoms with Gasteiger partial charge < -0.3 is 10.2 Å². The molecule has 0 saturated heterocycles. The van der Waals surface area contributed by atoms with Gasteiger partial charge in [-0.25, -0.2) is 9.97 Å². The van der Waals surface area contributed by atoms with Crippen molar-refractivity contribution in [2.45, 2.75) is 26.4 Å². The van der Waals surface area contributed by atoms with E-state index in [1.807, 2.05) is 12.4 Å². The van der Waals surface area contributed by atoms with Crippen molar-refractivity contribution in [1.29, 1.82) is 0 Å². The maximum atomic E-state index is 3.98. The first-order valence-electron chi connectivity index (χ1n) is 5.38. The predicted octanol–water partition coefficient (Wildman–Crippen LogP) is 0.906. The van der Waals surface area contributed by atoms with Gasteiger partial charge in [0.2, 0.25) is 0 Å². The Kier molecular flexibility index (Phi) is 5.21. The van der Waals surface area contributed by atoms with Crippen LogP contribution >= 0.6 is 0 Å². The fraction of sp³-hybridized carbons (Fsp3) is 0.636. The summed E-state index contributed by atoms with van der Waals surface area (Å²) >= 11 is 0. The van der Waals surface area contributed by atoms with Crippen LogP contribution in [-0.4, -0.2) is 41.0 Å². The van der Waals surface area contributed by atoms with Gasteiger partial charge in [0, 0.05) is 37.1 Å². The summed E-state index contributed by atoms with van der Waals surface area (Å²) in [4.78, 5) is 10.2. The van der Waals surface area contributed by atoms with Crippen LogP contribution in [0.25, 0.3) is 0 Å². The minimum atomic E-state index is 0.482. The van der Waals surface area contributed by atoms with E-state index in [0.717, 1.165) is 25.2 Å². The van der Waals surface area contributed by atoms with E-state index in [9.17, 15) is 0 Å². The van der Waals surface area contributed by atoms with Gasteiger partial charge in [0.15, 0.2) is 0 Å². The van der Waals surface area contributed by atoms with Crippen molar-refractivity contribution >= 4 is 0 Å². The van der Waals surface area contributed by atoms with E-state index in [2.05, 4.69) is 41.1 Å². The Bertz CT molecular complexity index is 263. The van der Waals surface area contributed by atoms with Gasteiger partial charge in [0.1, 0.15) is 6.33 Å². The van der Waals surface area contributed by atoms with Crippen molar-refractivity contribution in [3.8, 4) is 0 Å². The molecule has 1 unspecified atom stereocenters. The Morgan fingerprint density at radius 2 is 2.07 bits per heavy atom. The maximum absolute atomic E-state index is 3.98. The van der Waals surface area contributed by atoms with Gasteiger partial charge in [-0.15, -0.1) is 0 Å². The summed E-state index contributed by atoms with van der Waals surface area (Å²) in [6, 6.07) is 0.482. The molecular formula is C11H20N4. The lowest BCUT2D eigenvalue weighted by atomic mass is 10.2. The summed E-state index contributed by atoms with van der Waals surface area (Å²) in [7, 11) is 2.13. The second-order valence-corrected chi connectivity index (χ2v) is 3.88. The minimum absolute atomic E-state index is 0.482. The van der Waals surface area contributed by atoms with Gasteiger partial charge in [0.05, 0.1) is 0 Å². The van der Waals surface area contributed by atoms with Gasteiger partial charge >= 0.3 is 0 Å². The van der Waals surface area contributed by atoms with Crippen molar-refractivity contribution < 1.29 is 0 Å². The van der Waals surface area contributed by atoms with Crippen LogP contribution in [0.1, 0.15) is 19.4 Å². The SMILES string of the molecule is CCN(C)CC(C)NCc1cncnc1. The van der Waals surface area contributed by atoms with Gasteiger partial charge in [0.25, 0.3) is 0 Å². The van der Waals surface area contributed by atoms with E-state index >= 15 is 0 Å². The summed E-state index contributed by atoms with van der Waals surface area (Å²) in [5.41, 5.74) is 1.13. The Labute approximate surface area is 91.7 Å². The number of rotatable bonds is 6. The molecule has 4 heteroatoms. The van der Waals surface area contributed by atoms with Gasteiger partial charge in [-0.1, -0.05) is 6.92 Å². The quantitative estimate of drug-likeness (QED) is 0.754. The van der Waals surface area contributed by atoms with Gasteiger partial charge in [-0.05, 0) is 20.5 Å². The van der Waals surface area contributed by atoms with E-state index in [1.54, 1.807) is 6.33 Å². The Hall–Kier alpha value is -1.00. The Balaban J connectivity index is 2.25. The molecule has 0 bridgehead atoms. The zero-order valence-corrected chi connectivity index (χ0v) is 9.77. The van der Waals surface area contributed by atoms with Crippen LogP contribution in [0.3, 0.4) is 0 Å². The van der Waals surface area contributed by atoms with Crippen molar-refractivity contribution in [3.05, 3.63) is 24.3 Å². The average Bonchev–Trinajstić information content (AvgIpc) is 2.27. The lowest BCUT2D eigenvalue weighted by molar-refractivity contribution is 0.309. The van der Waals surface area contributed by atoms with Crippen molar-refractivity contribution in [1.82, 2.24) is 20.2 Å². The molecule has 0 saturated carbocycles. The molecule has 1 heterocycles. The van der Waals surface area contributed by atoms with E-state index in [1.165, 1.54) is 0 Å². The van der Waals surface area contributed by atoms with E-state index in [4.69, 9.17) is 0 Å². The third-order valence-electron chi connectivity index (χ3n) is 2.39. The van der Waals surface area contributed by atoms with Crippen LogP contribution in [0.4, 0.5) is 0 Å². The maximum Gasteiger partial charge on any atom is 0.115 e. The molecule has 0 fully saturated rings. The number of nitrogens with one attached hydrogen (secondary N) is 1. The molecule has 0 aliphatic carbocycles. The van der Waals surface area contributed by atoms with Crippen molar-refractivity contribution in [2.75, 3.05) is 20.1 Å².